The van der Waals surface area contributed by atoms with E-state index >= 15 is 0 Å². The van der Waals surface area contributed by atoms with Gasteiger partial charge in [0.25, 0.3) is 0 Å². The molecule has 32 heavy (non-hydrogen) atoms. The minimum absolute atomic E-state index is 0.290. The summed E-state index contributed by atoms with van der Waals surface area (Å²) in [6.07, 6.45) is 2.08. The number of H-pyrrole nitrogens is 1. The van der Waals surface area contributed by atoms with E-state index in [0.717, 1.165) is 22.7 Å². The molecular weight excluding hydrogens is 432 g/mol. The number of hydrogen-bond acceptors (Lipinski definition) is 6. The zero-order valence-electron chi connectivity index (χ0n) is 17.1. The maximum absolute atomic E-state index is 13.2. The number of halogens is 1. The zero-order chi connectivity index (χ0) is 22.1. The number of benzene rings is 2. The van der Waals surface area contributed by atoms with Crippen LogP contribution in [0.5, 0.6) is 5.75 Å². The average molecular weight is 451 g/mol. The van der Waals surface area contributed by atoms with Crippen LogP contribution in [0.1, 0.15) is 23.3 Å². The number of anilines is 1. The van der Waals surface area contributed by atoms with Crippen molar-refractivity contribution >= 4 is 23.3 Å². The van der Waals surface area contributed by atoms with Gasteiger partial charge in [-0.1, -0.05) is 16.8 Å². The summed E-state index contributed by atoms with van der Waals surface area (Å²) in [5.74, 6) is 1.52. The van der Waals surface area contributed by atoms with E-state index < -0.39 is 6.04 Å². The molecule has 1 aliphatic rings. The Labute approximate surface area is 188 Å². The fraction of sp³-hybridized carbons (Fsp3) is 0.182. The molecule has 162 valence electrons. The third-order valence-electron chi connectivity index (χ3n) is 5.33. The molecule has 0 bridgehead atoms. The van der Waals surface area contributed by atoms with E-state index in [4.69, 9.17) is 20.9 Å². The van der Waals surface area contributed by atoms with Crippen LogP contribution >= 0.6 is 11.6 Å². The summed E-state index contributed by atoms with van der Waals surface area (Å²) in [4.78, 5) is 26.9. The van der Waals surface area contributed by atoms with Gasteiger partial charge in [0.05, 0.1) is 31.4 Å². The van der Waals surface area contributed by atoms with Gasteiger partial charge in [0.2, 0.25) is 11.7 Å². The normalized spacial score (nSPS) is 15.3. The molecule has 0 saturated carbocycles. The van der Waals surface area contributed by atoms with Crippen LogP contribution in [-0.2, 0) is 13.0 Å². The monoisotopic (exact) mass is 450 g/mol. The van der Waals surface area contributed by atoms with Gasteiger partial charge >= 0.3 is 6.03 Å². The Hall–Kier alpha value is -3.85. The maximum atomic E-state index is 13.2. The topological polar surface area (TPSA) is 109 Å². The molecule has 9 nitrogen and oxygen atoms in total. The summed E-state index contributed by atoms with van der Waals surface area (Å²) in [6, 6.07) is 13.5. The van der Waals surface area contributed by atoms with Gasteiger partial charge in [-0.2, -0.15) is 4.98 Å². The first-order valence-corrected chi connectivity index (χ1v) is 10.3. The number of carbonyl (C=O) groups is 1. The smallest absolute Gasteiger partial charge is 0.322 e. The third kappa shape index (κ3) is 3.90. The molecule has 2 aromatic carbocycles. The SMILES string of the molecule is COc1ccc(-c2noc(C3Cc4nc[nH]c4CN3C(=O)Nc3ccc(Cl)cc3)n2)cc1. The fourth-order valence-electron chi connectivity index (χ4n) is 3.63. The number of ether oxygens (including phenoxy) is 1. The lowest BCUT2D eigenvalue weighted by Gasteiger charge is -2.32. The summed E-state index contributed by atoms with van der Waals surface area (Å²) in [5.41, 5.74) is 3.17. The molecule has 0 aliphatic carbocycles. The second-order valence-corrected chi connectivity index (χ2v) is 7.73. The Bertz CT molecular complexity index is 1240. The first-order valence-electron chi connectivity index (χ1n) is 9.93. The van der Waals surface area contributed by atoms with Crippen molar-refractivity contribution in [2.45, 2.75) is 19.0 Å². The zero-order valence-corrected chi connectivity index (χ0v) is 17.8. The van der Waals surface area contributed by atoms with Crippen LogP contribution in [0, 0.1) is 0 Å². The molecule has 2 N–H and O–H groups in total. The highest BCUT2D eigenvalue weighted by atomic mass is 35.5. The van der Waals surface area contributed by atoms with E-state index in [0.29, 0.717) is 35.4 Å². The van der Waals surface area contributed by atoms with E-state index in [1.165, 1.54) is 0 Å². The molecule has 4 aromatic rings. The molecule has 0 spiro atoms. The predicted octanol–water partition coefficient (Wildman–Crippen LogP) is 4.45. The largest absolute Gasteiger partial charge is 0.497 e. The Balaban J connectivity index is 1.43. The molecule has 3 heterocycles. The van der Waals surface area contributed by atoms with Gasteiger partial charge in [0.15, 0.2) is 0 Å². The number of hydrogen-bond donors (Lipinski definition) is 2. The summed E-state index contributed by atoms with van der Waals surface area (Å²) in [7, 11) is 1.61. The summed E-state index contributed by atoms with van der Waals surface area (Å²) in [5, 5.41) is 7.62. The second-order valence-electron chi connectivity index (χ2n) is 7.30. The highest BCUT2D eigenvalue weighted by Gasteiger charge is 2.36. The molecular formula is C22H19ClN6O3. The van der Waals surface area contributed by atoms with Crippen LogP contribution in [0.4, 0.5) is 10.5 Å². The average Bonchev–Trinajstić information content (AvgIpc) is 3.49. The van der Waals surface area contributed by atoms with Crippen molar-refractivity contribution in [3.8, 4) is 17.1 Å². The van der Waals surface area contributed by atoms with E-state index in [2.05, 4.69) is 25.4 Å². The minimum Gasteiger partial charge on any atom is -0.497 e. The van der Waals surface area contributed by atoms with E-state index in [9.17, 15) is 4.79 Å². The van der Waals surface area contributed by atoms with Crippen LogP contribution in [0.3, 0.4) is 0 Å². The van der Waals surface area contributed by atoms with Crippen LogP contribution in [-0.4, -0.2) is 38.1 Å². The molecule has 2 aromatic heterocycles. The number of methoxy groups -OCH3 is 1. The van der Waals surface area contributed by atoms with Crippen molar-refractivity contribution < 1.29 is 14.1 Å². The minimum atomic E-state index is -0.461. The lowest BCUT2D eigenvalue weighted by Crippen LogP contribution is -2.41. The molecule has 1 atom stereocenters. The lowest BCUT2D eigenvalue weighted by molar-refractivity contribution is 0.155. The number of nitrogens with zero attached hydrogens (tertiary/aromatic N) is 4. The standard InChI is InChI=1S/C22H19ClN6O3/c1-31-16-8-2-13(3-9-16)20-27-21(32-28-20)19-10-17-18(25-12-24-17)11-29(19)22(30)26-15-6-4-14(23)5-7-15/h2-9,12,19H,10-11H2,1H3,(H,24,25)(H,26,30). The molecule has 1 unspecified atom stereocenters. The maximum Gasteiger partial charge on any atom is 0.322 e. The Morgan fingerprint density at radius 1 is 1.22 bits per heavy atom. The number of aromatic nitrogens is 4. The fourth-order valence-corrected chi connectivity index (χ4v) is 3.75. The first kappa shape index (κ1) is 20.1. The number of amides is 2. The van der Waals surface area contributed by atoms with Crippen LogP contribution in [0.25, 0.3) is 11.4 Å². The quantitative estimate of drug-likeness (QED) is 0.475. The molecule has 1 aliphatic heterocycles. The number of nitrogens with one attached hydrogen (secondary N) is 2. The second kappa shape index (κ2) is 8.35. The van der Waals surface area contributed by atoms with Gasteiger partial charge < -0.3 is 24.5 Å². The van der Waals surface area contributed by atoms with Crippen LogP contribution < -0.4 is 10.1 Å². The van der Waals surface area contributed by atoms with Gasteiger partial charge in [-0.05, 0) is 48.5 Å². The number of carbonyl (C=O) groups excluding carboxylic acids is 1. The molecule has 10 heteroatoms. The van der Waals surface area contributed by atoms with Gasteiger partial charge in [-0.25, -0.2) is 9.78 Å². The highest BCUT2D eigenvalue weighted by molar-refractivity contribution is 6.30. The van der Waals surface area contributed by atoms with Crippen molar-refractivity contribution in [1.29, 1.82) is 0 Å². The number of imidazole rings is 1. The van der Waals surface area contributed by atoms with Crippen LogP contribution in [0.2, 0.25) is 5.02 Å². The number of urea groups is 1. The number of rotatable bonds is 4. The summed E-state index contributed by atoms with van der Waals surface area (Å²) in [6.45, 7) is 0.333. The molecule has 0 radical (unpaired) electrons. The highest BCUT2D eigenvalue weighted by Crippen LogP contribution is 2.33. The van der Waals surface area contributed by atoms with Gasteiger partial charge in [-0.3, -0.25) is 0 Å². The molecule has 2 amide bonds. The van der Waals surface area contributed by atoms with Crippen molar-refractivity contribution in [2.24, 2.45) is 0 Å². The van der Waals surface area contributed by atoms with Crippen molar-refractivity contribution in [1.82, 2.24) is 25.0 Å². The predicted molar refractivity (Wildman–Crippen MR) is 117 cm³/mol. The van der Waals surface area contributed by atoms with Gasteiger partial charge in [0.1, 0.15) is 11.8 Å². The number of aromatic amines is 1. The summed E-state index contributed by atoms with van der Waals surface area (Å²) >= 11 is 5.94. The van der Waals surface area contributed by atoms with Crippen molar-refractivity contribution in [3.63, 3.8) is 0 Å². The van der Waals surface area contributed by atoms with E-state index in [1.807, 2.05) is 24.3 Å². The van der Waals surface area contributed by atoms with Crippen molar-refractivity contribution in [2.75, 3.05) is 12.4 Å². The number of fused-ring (bicyclic) bond motifs is 1. The van der Waals surface area contributed by atoms with E-state index in [-0.39, 0.29) is 6.03 Å². The van der Waals surface area contributed by atoms with Gasteiger partial charge in [0, 0.05) is 22.7 Å². The Kier molecular flexibility index (Phi) is 5.24. The third-order valence-corrected chi connectivity index (χ3v) is 5.58. The molecule has 5 rings (SSSR count). The van der Waals surface area contributed by atoms with E-state index in [1.54, 1.807) is 42.6 Å². The van der Waals surface area contributed by atoms with Gasteiger partial charge in [-0.15, -0.1) is 0 Å². The van der Waals surface area contributed by atoms with Crippen molar-refractivity contribution in [3.05, 3.63) is 77.2 Å². The first-order chi connectivity index (χ1) is 15.6. The lowest BCUT2D eigenvalue weighted by atomic mass is 10.0. The Morgan fingerprint density at radius 3 is 2.75 bits per heavy atom. The Morgan fingerprint density at radius 2 is 2.00 bits per heavy atom. The summed E-state index contributed by atoms with van der Waals surface area (Å²) < 4.78 is 10.8. The van der Waals surface area contributed by atoms with Crippen LogP contribution in [0.15, 0.2) is 59.4 Å². The molecule has 0 saturated heterocycles. The molecule has 0 fully saturated rings.